The molecule has 100 valence electrons. The second kappa shape index (κ2) is 6.67. The molecule has 1 atom stereocenters. The van der Waals surface area contributed by atoms with Gasteiger partial charge in [-0.15, -0.1) is 0 Å². The molecule has 1 fully saturated rings. The van der Waals surface area contributed by atoms with Crippen LogP contribution in [0, 0.1) is 11.7 Å². The van der Waals surface area contributed by atoms with E-state index in [0.717, 1.165) is 10.9 Å². The summed E-state index contributed by atoms with van der Waals surface area (Å²) in [5.41, 5.74) is 6.83. The van der Waals surface area contributed by atoms with Crippen LogP contribution in [-0.4, -0.2) is 0 Å². The summed E-state index contributed by atoms with van der Waals surface area (Å²) in [5, 5.41) is 0. The molecule has 1 saturated carbocycles. The van der Waals surface area contributed by atoms with E-state index < -0.39 is 0 Å². The van der Waals surface area contributed by atoms with Gasteiger partial charge in [-0.3, -0.25) is 0 Å². The minimum absolute atomic E-state index is 0.175. The van der Waals surface area contributed by atoms with Crippen molar-refractivity contribution in [3.8, 4) is 0 Å². The Labute approximate surface area is 117 Å². The third-order valence-corrected chi connectivity index (χ3v) is 4.41. The molecule has 1 aliphatic carbocycles. The van der Waals surface area contributed by atoms with Crippen molar-refractivity contribution in [3.05, 3.63) is 34.1 Å². The van der Waals surface area contributed by atoms with Gasteiger partial charge in [-0.1, -0.05) is 54.5 Å². The number of rotatable bonds is 3. The number of hydrogen-bond donors (Lipinski definition) is 1. The molecular weight excluding hydrogens is 293 g/mol. The van der Waals surface area contributed by atoms with Gasteiger partial charge in [0.05, 0.1) is 0 Å². The average molecular weight is 314 g/mol. The lowest BCUT2D eigenvalue weighted by molar-refractivity contribution is 0.387. The maximum atomic E-state index is 13.8. The standard InChI is InChI=1S/C15H21BrFN/c16-12-7-8-14(17)13(10-12)15(18)9-11-5-3-1-2-4-6-11/h7-8,10-11,15H,1-6,9,18H2. The molecule has 2 rings (SSSR count). The summed E-state index contributed by atoms with van der Waals surface area (Å²) in [5.74, 6) is 0.486. The number of halogens is 2. The molecule has 1 unspecified atom stereocenters. The highest BCUT2D eigenvalue weighted by Gasteiger charge is 2.19. The van der Waals surface area contributed by atoms with Gasteiger partial charge in [-0.05, 0) is 30.5 Å². The molecule has 0 aliphatic heterocycles. The predicted molar refractivity (Wildman–Crippen MR) is 76.8 cm³/mol. The minimum Gasteiger partial charge on any atom is -0.324 e. The first-order chi connectivity index (χ1) is 8.66. The summed E-state index contributed by atoms with van der Waals surface area (Å²) >= 11 is 3.38. The van der Waals surface area contributed by atoms with Crippen molar-refractivity contribution in [3.63, 3.8) is 0 Å². The van der Waals surface area contributed by atoms with Crippen molar-refractivity contribution in [2.24, 2.45) is 11.7 Å². The molecule has 0 aromatic heterocycles. The van der Waals surface area contributed by atoms with Gasteiger partial charge in [-0.2, -0.15) is 0 Å². The van der Waals surface area contributed by atoms with E-state index in [9.17, 15) is 4.39 Å². The molecule has 0 radical (unpaired) electrons. The Morgan fingerprint density at radius 2 is 1.89 bits per heavy atom. The fourth-order valence-corrected chi connectivity index (χ4v) is 3.26. The first-order valence-electron chi connectivity index (χ1n) is 6.87. The largest absolute Gasteiger partial charge is 0.324 e. The SMILES string of the molecule is NC(CC1CCCCCC1)c1cc(Br)ccc1F. The lowest BCUT2D eigenvalue weighted by atomic mass is 9.90. The molecule has 1 aromatic carbocycles. The van der Waals surface area contributed by atoms with Crippen LogP contribution in [0.5, 0.6) is 0 Å². The normalized spacial score (nSPS) is 19.5. The lowest BCUT2D eigenvalue weighted by Crippen LogP contribution is -2.16. The van der Waals surface area contributed by atoms with E-state index in [1.54, 1.807) is 6.07 Å². The summed E-state index contributed by atoms with van der Waals surface area (Å²) in [6, 6.07) is 4.85. The third kappa shape index (κ3) is 3.79. The topological polar surface area (TPSA) is 26.0 Å². The Kier molecular flexibility index (Phi) is 5.19. The maximum absolute atomic E-state index is 13.8. The van der Waals surface area contributed by atoms with Crippen LogP contribution in [0.4, 0.5) is 4.39 Å². The van der Waals surface area contributed by atoms with Crippen LogP contribution in [0.2, 0.25) is 0 Å². The van der Waals surface area contributed by atoms with E-state index in [1.807, 2.05) is 6.07 Å². The van der Waals surface area contributed by atoms with Crippen molar-refractivity contribution in [2.45, 2.75) is 51.0 Å². The fraction of sp³-hybridized carbons (Fsp3) is 0.600. The van der Waals surface area contributed by atoms with E-state index in [4.69, 9.17) is 5.73 Å². The second-order valence-corrected chi connectivity index (χ2v) is 6.28. The van der Waals surface area contributed by atoms with Crippen molar-refractivity contribution in [1.82, 2.24) is 0 Å². The van der Waals surface area contributed by atoms with Crippen LogP contribution in [0.3, 0.4) is 0 Å². The summed E-state index contributed by atoms with van der Waals surface area (Å²) in [7, 11) is 0. The van der Waals surface area contributed by atoms with Crippen LogP contribution in [0.15, 0.2) is 22.7 Å². The Morgan fingerprint density at radius 1 is 1.22 bits per heavy atom. The number of benzene rings is 1. The smallest absolute Gasteiger partial charge is 0.128 e. The molecule has 3 heteroatoms. The van der Waals surface area contributed by atoms with Crippen LogP contribution in [-0.2, 0) is 0 Å². The zero-order chi connectivity index (χ0) is 13.0. The molecular formula is C15H21BrFN. The van der Waals surface area contributed by atoms with Crippen molar-refractivity contribution >= 4 is 15.9 Å². The van der Waals surface area contributed by atoms with Crippen LogP contribution >= 0.6 is 15.9 Å². The Bertz CT molecular complexity index is 386. The van der Waals surface area contributed by atoms with Gasteiger partial charge in [-0.25, -0.2) is 4.39 Å². The van der Waals surface area contributed by atoms with Gasteiger partial charge in [0.15, 0.2) is 0 Å². The van der Waals surface area contributed by atoms with Gasteiger partial charge in [0.25, 0.3) is 0 Å². The second-order valence-electron chi connectivity index (χ2n) is 5.37. The monoisotopic (exact) mass is 313 g/mol. The minimum atomic E-state index is -0.181. The fourth-order valence-electron chi connectivity index (χ4n) is 2.88. The number of nitrogens with two attached hydrogens (primary N) is 1. The van der Waals surface area contributed by atoms with Crippen molar-refractivity contribution < 1.29 is 4.39 Å². The van der Waals surface area contributed by atoms with Crippen molar-refractivity contribution in [2.75, 3.05) is 0 Å². The Hall–Kier alpha value is -0.410. The Balaban J connectivity index is 2.01. The average Bonchev–Trinajstić information content (AvgIpc) is 2.61. The van der Waals surface area contributed by atoms with Gasteiger partial charge in [0.2, 0.25) is 0 Å². The van der Waals surface area contributed by atoms with Gasteiger partial charge >= 0.3 is 0 Å². The summed E-state index contributed by atoms with van der Waals surface area (Å²) in [6.07, 6.45) is 8.71. The molecule has 18 heavy (non-hydrogen) atoms. The predicted octanol–water partition coefficient (Wildman–Crippen LogP) is 4.95. The van der Waals surface area contributed by atoms with Crippen LogP contribution in [0.25, 0.3) is 0 Å². The molecule has 1 aromatic rings. The van der Waals surface area contributed by atoms with E-state index in [1.165, 1.54) is 44.6 Å². The summed E-state index contributed by atoms with van der Waals surface area (Å²) < 4.78 is 14.7. The lowest BCUT2D eigenvalue weighted by Gasteiger charge is -2.20. The first-order valence-corrected chi connectivity index (χ1v) is 7.66. The van der Waals surface area contributed by atoms with Gasteiger partial charge in [0.1, 0.15) is 5.82 Å². The quantitative estimate of drug-likeness (QED) is 0.785. The molecule has 0 saturated heterocycles. The molecule has 0 spiro atoms. The van der Waals surface area contributed by atoms with Gasteiger partial charge in [0, 0.05) is 16.1 Å². The molecule has 2 N–H and O–H groups in total. The molecule has 1 aliphatic rings. The summed E-state index contributed by atoms with van der Waals surface area (Å²) in [6.45, 7) is 0. The highest BCUT2D eigenvalue weighted by Crippen LogP contribution is 2.31. The highest BCUT2D eigenvalue weighted by atomic mass is 79.9. The zero-order valence-corrected chi connectivity index (χ0v) is 12.3. The first kappa shape index (κ1) is 14.0. The molecule has 1 nitrogen and oxygen atoms in total. The number of hydrogen-bond acceptors (Lipinski definition) is 1. The Morgan fingerprint density at radius 3 is 2.56 bits per heavy atom. The zero-order valence-electron chi connectivity index (χ0n) is 10.7. The van der Waals surface area contributed by atoms with Crippen LogP contribution < -0.4 is 5.73 Å². The van der Waals surface area contributed by atoms with E-state index in [2.05, 4.69) is 15.9 Å². The molecule has 0 amide bonds. The molecule has 0 bridgehead atoms. The van der Waals surface area contributed by atoms with E-state index >= 15 is 0 Å². The van der Waals surface area contributed by atoms with Gasteiger partial charge < -0.3 is 5.73 Å². The third-order valence-electron chi connectivity index (χ3n) is 3.92. The maximum Gasteiger partial charge on any atom is 0.128 e. The highest BCUT2D eigenvalue weighted by molar-refractivity contribution is 9.10. The van der Waals surface area contributed by atoms with Crippen LogP contribution in [0.1, 0.15) is 56.6 Å². The van der Waals surface area contributed by atoms with E-state index in [-0.39, 0.29) is 11.9 Å². The summed E-state index contributed by atoms with van der Waals surface area (Å²) in [4.78, 5) is 0. The molecule has 0 heterocycles. The van der Waals surface area contributed by atoms with E-state index in [0.29, 0.717) is 11.5 Å². The van der Waals surface area contributed by atoms with Crippen molar-refractivity contribution in [1.29, 1.82) is 0 Å².